The number of benzene rings is 2. The van der Waals surface area contributed by atoms with Crippen LogP contribution < -0.4 is 0 Å². The predicted octanol–water partition coefficient (Wildman–Crippen LogP) is 3.89. The molecule has 0 aromatic heterocycles. The third-order valence-corrected chi connectivity index (χ3v) is 5.78. The van der Waals surface area contributed by atoms with E-state index in [2.05, 4.69) is 6.92 Å². The van der Waals surface area contributed by atoms with Crippen LogP contribution in [0.15, 0.2) is 48.5 Å². The second-order valence-electron chi connectivity index (χ2n) is 8.15. The molecule has 2 aliphatic rings. The SMILES string of the molecule is CCCCc1ccc(C(=O)O[C@@H]2CO[C@@H]3C(OC(=O)c4ccc(C)cc4)CO[C@@H]32)cc1. The summed E-state index contributed by atoms with van der Waals surface area (Å²) in [4.78, 5) is 25.0. The van der Waals surface area contributed by atoms with Crippen LogP contribution in [-0.2, 0) is 25.4 Å². The molecule has 6 heteroatoms. The number of hydrogen-bond donors (Lipinski definition) is 0. The first-order valence-electron chi connectivity index (χ1n) is 10.9. The number of aryl methyl sites for hydroxylation is 2. The van der Waals surface area contributed by atoms with Gasteiger partial charge in [-0.15, -0.1) is 0 Å². The van der Waals surface area contributed by atoms with Crippen molar-refractivity contribution in [2.75, 3.05) is 13.2 Å². The summed E-state index contributed by atoms with van der Waals surface area (Å²) in [6.07, 6.45) is 1.32. The predicted molar refractivity (Wildman–Crippen MR) is 114 cm³/mol. The topological polar surface area (TPSA) is 71.1 Å². The molecule has 2 fully saturated rings. The number of ether oxygens (including phenoxy) is 4. The standard InChI is InChI=1S/C25H28O6/c1-3-4-5-17-8-12-19(13-9-17)25(27)31-21-15-29-22-20(14-28-23(21)22)30-24(26)18-10-6-16(2)7-11-18/h6-13,20-23H,3-5,14-15H2,1-2H3/t20?,21-,22-,23-/m1/s1. The second-order valence-corrected chi connectivity index (χ2v) is 8.15. The fourth-order valence-electron chi connectivity index (χ4n) is 3.92. The second kappa shape index (κ2) is 9.62. The highest BCUT2D eigenvalue weighted by Crippen LogP contribution is 2.31. The average molecular weight is 424 g/mol. The molecular formula is C25H28O6. The summed E-state index contributed by atoms with van der Waals surface area (Å²) >= 11 is 0. The van der Waals surface area contributed by atoms with Gasteiger partial charge in [0, 0.05) is 0 Å². The first-order chi connectivity index (χ1) is 15.0. The number of carbonyl (C=O) groups excluding carboxylic acids is 2. The number of rotatable bonds is 7. The lowest BCUT2D eigenvalue weighted by molar-refractivity contribution is -0.0287. The summed E-state index contributed by atoms with van der Waals surface area (Å²) in [7, 11) is 0. The first-order valence-corrected chi connectivity index (χ1v) is 10.9. The molecule has 0 bridgehead atoms. The molecule has 0 N–H and O–H groups in total. The molecule has 0 amide bonds. The Hall–Kier alpha value is -2.70. The van der Waals surface area contributed by atoms with Gasteiger partial charge in [-0.2, -0.15) is 0 Å². The van der Waals surface area contributed by atoms with Crippen LogP contribution in [-0.4, -0.2) is 49.6 Å². The monoisotopic (exact) mass is 424 g/mol. The molecule has 0 spiro atoms. The zero-order valence-corrected chi connectivity index (χ0v) is 17.9. The Balaban J connectivity index is 1.32. The minimum Gasteiger partial charge on any atom is -0.453 e. The van der Waals surface area contributed by atoms with E-state index in [-0.39, 0.29) is 13.2 Å². The lowest BCUT2D eigenvalue weighted by Crippen LogP contribution is -2.36. The molecule has 0 aliphatic carbocycles. The molecule has 2 aromatic carbocycles. The lowest BCUT2D eigenvalue weighted by atomic mass is 10.1. The summed E-state index contributed by atoms with van der Waals surface area (Å²) in [5.74, 6) is -0.818. The molecule has 2 aliphatic heterocycles. The Morgan fingerprint density at radius 1 is 0.839 bits per heavy atom. The summed E-state index contributed by atoms with van der Waals surface area (Å²) in [5, 5.41) is 0. The van der Waals surface area contributed by atoms with Gasteiger partial charge in [-0.1, -0.05) is 43.2 Å². The van der Waals surface area contributed by atoms with Crippen LogP contribution in [0, 0.1) is 6.92 Å². The zero-order valence-electron chi connectivity index (χ0n) is 17.9. The van der Waals surface area contributed by atoms with Gasteiger partial charge in [0.15, 0.2) is 12.2 Å². The largest absolute Gasteiger partial charge is 0.453 e. The highest BCUT2D eigenvalue weighted by molar-refractivity contribution is 5.90. The number of carbonyl (C=O) groups is 2. The van der Waals surface area contributed by atoms with Crippen molar-refractivity contribution in [3.63, 3.8) is 0 Å². The molecule has 2 saturated heterocycles. The van der Waals surface area contributed by atoms with Gasteiger partial charge in [0.1, 0.15) is 12.2 Å². The minimum atomic E-state index is -0.527. The van der Waals surface area contributed by atoms with Crippen molar-refractivity contribution in [1.82, 2.24) is 0 Å². The van der Waals surface area contributed by atoms with E-state index in [1.165, 1.54) is 5.56 Å². The first kappa shape index (κ1) is 21.5. The number of fused-ring (bicyclic) bond motifs is 1. The maximum absolute atomic E-state index is 12.6. The minimum absolute atomic E-state index is 0.215. The third-order valence-electron chi connectivity index (χ3n) is 5.78. The van der Waals surface area contributed by atoms with Gasteiger partial charge in [0.05, 0.1) is 24.3 Å². The van der Waals surface area contributed by atoms with Gasteiger partial charge in [0.2, 0.25) is 0 Å². The summed E-state index contributed by atoms with van der Waals surface area (Å²) in [6, 6.07) is 14.7. The van der Waals surface area contributed by atoms with Gasteiger partial charge in [-0.3, -0.25) is 0 Å². The number of hydrogen-bond acceptors (Lipinski definition) is 6. The normalized spacial score (nSPS) is 24.6. The fraction of sp³-hybridized carbons (Fsp3) is 0.440. The molecule has 0 radical (unpaired) electrons. The van der Waals surface area contributed by atoms with Crippen molar-refractivity contribution in [3.8, 4) is 0 Å². The third kappa shape index (κ3) is 4.97. The fourth-order valence-corrected chi connectivity index (χ4v) is 3.92. The van der Waals surface area contributed by atoms with E-state index >= 15 is 0 Å². The smallest absolute Gasteiger partial charge is 0.338 e. The Morgan fingerprint density at radius 2 is 1.32 bits per heavy atom. The molecule has 2 aromatic rings. The maximum Gasteiger partial charge on any atom is 0.338 e. The van der Waals surface area contributed by atoms with Crippen molar-refractivity contribution in [3.05, 3.63) is 70.8 Å². The van der Waals surface area contributed by atoms with Crippen molar-refractivity contribution >= 4 is 11.9 Å². The number of esters is 2. The molecule has 4 atom stereocenters. The molecule has 0 saturated carbocycles. The maximum atomic E-state index is 12.6. The molecule has 4 rings (SSSR count). The zero-order chi connectivity index (χ0) is 21.8. The molecular weight excluding hydrogens is 396 g/mol. The highest BCUT2D eigenvalue weighted by atomic mass is 16.7. The quantitative estimate of drug-likeness (QED) is 0.628. The Kier molecular flexibility index (Phi) is 6.68. The van der Waals surface area contributed by atoms with Crippen LogP contribution in [0.1, 0.15) is 51.6 Å². The van der Waals surface area contributed by atoms with Crippen LogP contribution in [0.25, 0.3) is 0 Å². The molecule has 31 heavy (non-hydrogen) atoms. The summed E-state index contributed by atoms with van der Waals surface area (Å²) in [5.41, 5.74) is 3.27. The Morgan fingerprint density at radius 3 is 1.81 bits per heavy atom. The molecule has 6 nitrogen and oxygen atoms in total. The van der Waals surface area contributed by atoms with E-state index in [0.29, 0.717) is 11.1 Å². The highest BCUT2D eigenvalue weighted by Gasteiger charge is 2.51. The molecule has 1 unspecified atom stereocenters. The van der Waals surface area contributed by atoms with E-state index in [9.17, 15) is 9.59 Å². The van der Waals surface area contributed by atoms with Gasteiger partial charge >= 0.3 is 11.9 Å². The Bertz CT molecular complexity index is 905. The van der Waals surface area contributed by atoms with Crippen LogP contribution in [0.2, 0.25) is 0 Å². The van der Waals surface area contributed by atoms with Crippen LogP contribution >= 0.6 is 0 Å². The van der Waals surface area contributed by atoms with Crippen LogP contribution in [0.5, 0.6) is 0 Å². The van der Waals surface area contributed by atoms with E-state index < -0.39 is 36.4 Å². The van der Waals surface area contributed by atoms with Crippen molar-refractivity contribution in [2.24, 2.45) is 0 Å². The van der Waals surface area contributed by atoms with Crippen molar-refractivity contribution in [2.45, 2.75) is 57.5 Å². The van der Waals surface area contributed by atoms with Gasteiger partial charge in [-0.25, -0.2) is 9.59 Å². The lowest BCUT2D eigenvalue weighted by Gasteiger charge is -2.17. The summed E-state index contributed by atoms with van der Waals surface area (Å²) in [6.45, 7) is 4.54. The molecule has 2 heterocycles. The van der Waals surface area contributed by atoms with E-state index in [1.807, 2.05) is 31.2 Å². The van der Waals surface area contributed by atoms with Gasteiger partial charge in [0.25, 0.3) is 0 Å². The number of unbranched alkanes of at least 4 members (excludes halogenated alkanes) is 1. The van der Waals surface area contributed by atoms with Crippen LogP contribution in [0.3, 0.4) is 0 Å². The van der Waals surface area contributed by atoms with Gasteiger partial charge < -0.3 is 18.9 Å². The van der Waals surface area contributed by atoms with E-state index in [1.54, 1.807) is 24.3 Å². The summed E-state index contributed by atoms with van der Waals surface area (Å²) < 4.78 is 22.8. The average Bonchev–Trinajstić information content (AvgIpc) is 3.36. The van der Waals surface area contributed by atoms with Gasteiger partial charge in [-0.05, 0) is 49.6 Å². The van der Waals surface area contributed by atoms with Crippen molar-refractivity contribution < 1.29 is 28.5 Å². The van der Waals surface area contributed by atoms with E-state index in [4.69, 9.17) is 18.9 Å². The molecule has 164 valence electrons. The Labute approximate surface area is 182 Å². The van der Waals surface area contributed by atoms with Crippen molar-refractivity contribution in [1.29, 1.82) is 0 Å². The van der Waals surface area contributed by atoms with E-state index in [0.717, 1.165) is 24.8 Å². The van der Waals surface area contributed by atoms with Crippen LogP contribution in [0.4, 0.5) is 0 Å².